The molecule has 28 heavy (non-hydrogen) atoms. The summed E-state index contributed by atoms with van der Waals surface area (Å²) in [5.41, 5.74) is 8.85. The maximum Gasteiger partial charge on any atom is 0.226 e. The molecule has 148 valence electrons. The van der Waals surface area contributed by atoms with Gasteiger partial charge in [-0.25, -0.2) is 9.97 Å². The summed E-state index contributed by atoms with van der Waals surface area (Å²) in [6.45, 7) is 1.72. The molecule has 7 heteroatoms. The Balaban J connectivity index is 0.00000280. The quantitative estimate of drug-likeness (QED) is 0.623. The van der Waals surface area contributed by atoms with Gasteiger partial charge in [0.15, 0.2) is 0 Å². The van der Waals surface area contributed by atoms with Crippen LogP contribution in [0.25, 0.3) is 0 Å². The first kappa shape index (κ1) is 21.5. The number of anilines is 1. The zero-order valence-electron chi connectivity index (χ0n) is 16.0. The fourth-order valence-corrected chi connectivity index (χ4v) is 2.75. The lowest BCUT2D eigenvalue weighted by molar-refractivity contribution is 0.414. The van der Waals surface area contributed by atoms with Crippen LogP contribution in [0.3, 0.4) is 0 Å². The number of methoxy groups -OCH3 is 2. The number of benzene rings is 2. The third-order valence-electron chi connectivity index (χ3n) is 4.26. The van der Waals surface area contributed by atoms with Gasteiger partial charge < -0.3 is 20.1 Å². The molecule has 1 heterocycles. The number of halogens is 1. The zero-order chi connectivity index (χ0) is 19.1. The lowest BCUT2D eigenvalue weighted by Crippen LogP contribution is -2.24. The molecule has 0 fully saturated rings. The van der Waals surface area contributed by atoms with Crippen LogP contribution in [0.5, 0.6) is 11.5 Å². The minimum atomic E-state index is 0. The molecule has 0 aliphatic carbocycles. The summed E-state index contributed by atoms with van der Waals surface area (Å²) in [5.74, 6) is 2.33. The molecule has 0 amide bonds. The Kier molecular flexibility index (Phi) is 8.04. The van der Waals surface area contributed by atoms with Crippen LogP contribution in [0.15, 0.2) is 60.8 Å². The lowest BCUT2D eigenvalue weighted by atomic mass is 10.1. The van der Waals surface area contributed by atoms with Crippen molar-refractivity contribution in [3.63, 3.8) is 0 Å². The molecule has 3 rings (SSSR count). The van der Waals surface area contributed by atoms with Crippen LogP contribution in [-0.2, 0) is 19.6 Å². The van der Waals surface area contributed by atoms with E-state index < -0.39 is 0 Å². The monoisotopic (exact) mass is 400 g/mol. The standard InChI is InChI=1S/C21H24N4O2.ClH/c1-26-19-7-3-16(4-8-19)14-25(21-23-12-11-18(13-22)24-21)15-17-5-9-20(27-2)10-6-17;/h3-12H,13-15,22H2,1-2H3;1H. The summed E-state index contributed by atoms with van der Waals surface area (Å²) < 4.78 is 10.5. The average Bonchev–Trinajstić information content (AvgIpc) is 2.74. The van der Waals surface area contributed by atoms with Gasteiger partial charge in [0.05, 0.1) is 19.9 Å². The number of aromatic nitrogens is 2. The molecule has 0 saturated heterocycles. The van der Waals surface area contributed by atoms with Gasteiger partial charge in [0.25, 0.3) is 0 Å². The summed E-state index contributed by atoms with van der Waals surface area (Å²) in [6, 6.07) is 17.9. The van der Waals surface area contributed by atoms with Crippen LogP contribution < -0.4 is 20.1 Å². The third kappa shape index (κ3) is 5.58. The van der Waals surface area contributed by atoms with E-state index in [1.165, 1.54) is 0 Å². The number of nitrogens with two attached hydrogens (primary N) is 1. The van der Waals surface area contributed by atoms with Crippen molar-refractivity contribution in [1.82, 2.24) is 9.97 Å². The largest absolute Gasteiger partial charge is 0.497 e. The number of ether oxygens (including phenoxy) is 2. The van der Waals surface area contributed by atoms with E-state index in [1.807, 2.05) is 54.6 Å². The highest BCUT2D eigenvalue weighted by molar-refractivity contribution is 5.85. The van der Waals surface area contributed by atoms with E-state index in [-0.39, 0.29) is 12.4 Å². The van der Waals surface area contributed by atoms with Gasteiger partial charge >= 0.3 is 0 Å². The highest BCUT2D eigenvalue weighted by Gasteiger charge is 2.12. The van der Waals surface area contributed by atoms with Crippen LogP contribution >= 0.6 is 12.4 Å². The second-order valence-electron chi connectivity index (χ2n) is 6.10. The Hall–Kier alpha value is -2.83. The van der Waals surface area contributed by atoms with E-state index in [4.69, 9.17) is 15.2 Å². The van der Waals surface area contributed by atoms with Gasteiger partial charge in [-0.15, -0.1) is 12.4 Å². The van der Waals surface area contributed by atoms with Crippen molar-refractivity contribution in [2.24, 2.45) is 5.73 Å². The zero-order valence-corrected chi connectivity index (χ0v) is 16.9. The summed E-state index contributed by atoms with van der Waals surface area (Å²) >= 11 is 0. The van der Waals surface area contributed by atoms with Gasteiger partial charge in [-0.2, -0.15) is 0 Å². The van der Waals surface area contributed by atoms with Gasteiger partial charge in [0, 0.05) is 25.8 Å². The maximum absolute atomic E-state index is 5.75. The first-order valence-corrected chi connectivity index (χ1v) is 8.74. The van der Waals surface area contributed by atoms with E-state index in [9.17, 15) is 0 Å². The summed E-state index contributed by atoms with van der Waals surface area (Å²) in [6.07, 6.45) is 1.75. The van der Waals surface area contributed by atoms with Gasteiger partial charge in [-0.1, -0.05) is 24.3 Å². The topological polar surface area (TPSA) is 73.5 Å². The van der Waals surface area contributed by atoms with Gasteiger partial charge in [-0.3, -0.25) is 0 Å². The minimum Gasteiger partial charge on any atom is -0.497 e. The molecule has 1 aromatic heterocycles. The number of nitrogens with zero attached hydrogens (tertiary/aromatic N) is 3. The van der Waals surface area contributed by atoms with Gasteiger partial charge in [-0.05, 0) is 41.5 Å². The molecule has 0 aliphatic rings. The van der Waals surface area contributed by atoms with Crippen LogP contribution in [0, 0.1) is 0 Å². The van der Waals surface area contributed by atoms with Crippen LogP contribution in [0.1, 0.15) is 16.8 Å². The summed E-state index contributed by atoms with van der Waals surface area (Å²) in [4.78, 5) is 11.2. The van der Waals surface area contributed by atoms with E-state index in [0.717, 1.165) is 28.3 Å². The van der Waals surface area contributed by atoms with E-state index in [1.54, 1.807) is 20.4 Å². The normalized spacial score (nSPS) is 10.1. The first-order valence-electron chi connectivity index (χ1n) is 8.74. The van der Waals surface area contributed by atoms with Crippen molar-refractivity contribution in [1.29, 1.82) is 0 Å². The van der Waals surface area contributed by atoms with Crippen LogP contribution in [-0.4, -0.2) is 24.2 Å². The Bertz CT molecular complexity index is 808. The second kappa shape index (κ2) is 10.5. The predicted octanol–water partition coefficient (Wildman–Crippen LogP) is 3.58. The van der Waals surface area contributed by atoms with Crippen LogP contribution in [0.4, 0.5) is 5.95 Å². The highest BCUT2D eigenvalue weighted by Crippen LogP contribution is 2.20. The molecule has 3 aromatic rings. The molecule has 0 atom stereocenters. The molecular weight excluding hydrogens is 376 g/mol. The predicted molar refractivity (Wildman–Crippen MR) is 113 cm³/mol. The van der Waals surface area contributed by atoms with Gasteiger partial charge in [0.2, 0.25) is 5.95 Å². The van der Waals surface area contributed by atoms with Crippen molar-refractivity contribution in [3.8, 4) is 11.5 Å². The van der Waals surface area contributed by atoms with Crippen molar-refractivity contribution in [2.45, 2.75) is 19.6 Å². The molecule has 0 radical (unpaired) electrons. The minimum absolute atomic E-state index is 0. The maximum atomic E-state index is 5.75. The summed E-state index contributed by atoms with van der Waals surface area (Å²) in [5, 5.41) is 0. The average molecular weight is 401 g/mol. The Morgan fingerprint density at radius 3 is 1.75 bits per heavy atom. The Labute approximate surface area is 171 Å². The van der Waals surface area contributed by atoms with E-state index in [2.05, 4.69) is 14.9 Å². The summed E-state index contributed by atoms with van der Waals surface area (Å²) in [7, 11) is 3.33. The SMILES string of the molecule is COc1ccc(CN(Cc2ccc(OC)cc2)c2nccc(CN)n2)cc1.Cl. The van der Waals surface area contributed by atoms with Crippen molar-refractivity contribution < 1.29 is 9.47 Å². The molecule has 0 aliphatic heterocycles. The molecular formula is C21H25ClN4O2. The third-order valence-corrected chi connectivity index (χ3v) is 4.26. The molecule has 6 nitrogen and oxygen atoms in total. The number of hydrogen-bond donors (Lipinski definition) is 1. The van der Waals surface area contributed by atoms with Crippen molar-refractivity contribution in [3.05, 3.63) is 77.6 Å². The molecule has 0 unspecified atom stereocenters. The molecule has 2 N–H and O–H groups in total. The highest BCUT2D eigenvalue weighted by atomic mass is 35.5. The van der Waals surface area contributed by atoms with Crippen molar-refractivity contribution >= 4 is 18.4 Å². The van der Waals surface area contributed by atoms with Crippen LogP contribution in [0.2, 0.25) is 0 Å². The fraction of sp³-hybridized carbons (Fsp3) is 0.238. The second-order valence-corrected chi connectivity index (χ2v) is 6.10. The lowest BCUT2D eigenvalue weighted by Gasteiger charge is -2.23. The number of hydrogen-bond acceptors (Lipinski definition) is 6. The molecule has 0 bridgehead atoms. The van der Waals surface area contributed by atoms with Gasteiger partial charge in [0.1, 0.15) is 11.5 Å². The van der Waals surface area contributed by atoms with Crippen molar-refractivity contribution in [2.75, 3.05) is 19.1 Å². The van der Waals surface area contributed by atoms with E-state index >= 15 is 0 Å². The smallest absolute Gasteiger partial charge is 0.226 e. The molecule has 2 aromatic carbocycles. The number of rotatable bonds is 8. The Morgan fingerprint density at radius 2 is 1.32 bits per heavy atom. The molecule has 0 spiro atoms. The Morgan fingerprint density at radius 1 is 0.821 bits per heavy atom. The first-order chi connectivity index (χ1) is 13.2. The molecule has 0 saturated carbocycles. The van der Waals surface area contributed by atoms with E-state index in [0.29, 0.717) is 25.6 Å². The fourth-order valence-electron chi connectivity index (χ4n) is 2.75.